The first kappa shape index (κ1) is 15.1. The van der Waals surface area contributed by atoms with Crippen molar-refractivity contribution in [2.75, 3.05) is 25.2 Å². The molecule has 0 bridgehead atoms. The van der Waals surface area contributed by atoms with E-state index in [1.807, 2.05) is 24.3 Å². The molecule has 118 valence electrons. The molecule has 5 nitrogen and oxygen atoms in total. The second kappa shape index (κ2) is 6.52. The molecule has 3 rings (SSSR count). The number of fused-ring (bicyclic) bond motifs is 1. The number of nitrogens with zero attached hydrogens (tertiary/aromatic N) is 1. The Hall–Kier alpha value is -2.82. The van der Waals surface area contributed by atoms with E-state index in [-0.39, 0.29) is 12.5 Å². The average molecular weight is 311 g/mol. The first-order chi connectivity index (χ1) is 11.2. The number of rotatable bonds is 5. The predicted molar refractivity (Wildman–Crippen MR) is 86.4 cm³/mol. The quantitative estimate of drug-likeness (QED) is 0.796. The van der Waals surface area contributed by atoms with Crippen molar-refractivity contribution in [2.45, 2.75) is 6.42 Å². The summed E-state index contributed by atoms with van der Waals surface area (Å²) in [5.41, 5.74) is 2.58. The zero-order valence-electron chi connectivity index (χ0n) is 12.8. The van der Waals surface area contributed by atoms with E-state index in [9.17, 15) is 9.59 Å². The van der Waals surface area contributed by atoms with E-state index >= 15 is 0 Å². The lowest BCUT2D eigenvalue weighted by atomic mass is 10.2. The van der Waals surface area contributed by atoms with E-state index in [1.165, 1.54) is 12.7 Å². The second-order valence-corrected chi connectivity index (χ2v) is 5.24. The monoisotopic (exact) mass is 311 g/mol. The second-order valence-electron chi connectivity index (χ2n) is 5.24. The molecule has 1 heterocycles. The van der Waals surface area contributed by atoms with Crippen LogP contribution in [0.15, 0.2) is 42.5 Å². The van der Waals surface area contributed by atoms with Crippen molar-refractivity contribution in [1.29, 1.82) is 0 Å². The molecule has 0 radical (unpaired) electrons. The summed E-state index contributed by atoms with van der Waals surface area (Å²) in [5, 5.41) is 0. The minimum atomic E-state index is -0.117. The normalized spacial score (nSPS) is 12.7. The van der Waals surface area contributed by atoms with Gasteiger partial charge in [0, 0.05) is 17.8 Å². The highest BCUT2D eigenvalue weighted by Gasteiger charge is 2.24. The molecular weight excluding hydrogens is 294 g/mol. The van der Waals surface area contributed by atoms with Crippen LogP contribution < -0.4 is 14.4 Å². The summed E-state index contributed by atoms with van der Waals surface area (Å²) in [6.07, 6.45) is 1.58. The lowest BCUT2D eigenvalue weighted by molar-refractivity contribution is -0.120. The molecule has 1 aliphatic rings. The maximum atomic E-state index is 12.4. The van der Waals surface area contributed by atoms with Crippen LogP contribution in [0.5, 0.6) is 11.5 Å². The number of anilines is 1. The molecule has 1 amide bonds. The number of methoxy groups -OCH3 is 1. The van der Waals surface area contributed by atoms with Crippen molar-refractivity contribution < 1.29 is 19.1 Å². The SMILES string of the molecule is COc1ccc(C=O)cc1OCC(=O)N1CCc2ccccc21. The van der Waals surface area contributed by atoms with Crippen molar-refractivity contribution in [1.82, 2.24) is 0 Å². The van der Waals surface area contributed by atoms with Crippen LogP contribution in [-0.2, 0) is 11.2 Å². The summed E-state index contributed by atoms with van der Waals surface area (Å²) in [6.45, 7) is 0.556. The molecule has 0 N–H and O–H groups in total. The third-order valence-electron chi connectivity index (χ3n) is 3.86. The van der Waals surface area contributed by atoms with Crippen LogP contribution in [0.2, 0.25) is 0 Å². The molecule has 0 spiro atoms. The van der Waals surface area contributed by atoms with Gasteiger partial charge in [0.1, 0.15) is 6.29 Å². The summed E-state index contributed by atoms with van der Waals surface area (Å²) < 4.78 is 10.8. The highest BCUT2D eigenvalue weighted by molar-refractivity contribution is 5.96. The molecule has 2 aromatic rings. The lowest BCUT2D eigenvalue weighted by Gasteiger charge is -2.18. The Bertz CT molecular complexity index is 742. The number of para-hydroxylation sites is 1. The van der Waals surface area contributed by atoms with Crippen molar-refractivity contribution in [2.24, 2.45) is 0 Å². The Labute approximate surface area is 134 Å². The number of aldehydes is 1. The summed E-state index contributed by atoms with van der Waals surface area (Å²) in [4.78, 5) is 25.0. The summed E-state index contributed by atoms with van der Waals surface area (Å²) in [7, 11) is 1.52. The Morgan fingerprint density at radius 1 is 1.22 bits per heavy atom. The van der Waals surface area contributed by atoms with E-state index in [2.05, 4.69) is 0 Å². The fraction of sp³-hybridized carbons (Fsp3) is 0.222. The molecule has 0 aliphatic carbocycles. The Kier molecular flexibility index (Phi) is 4.28. The van der Waals surface area contributed by atoms with Gasteiger partial charge in [0.25, 0.3) is 5.91 Å². The van der Waals surface area contributed by atoms with Crippen LogP contribution in [0.25, 0.3) is 0 Å². The maximum absolute atomic E-state index is 12.4. The van der Waals surface area contributed by atoms with Crippen LogP contribution in [0, 0.1) is 0 Å². The summed E-state index contributed by atoms with van der Waals surface area (Å²) in [6, 6.07) is 12.7. The van der Waals surface area contributed by atoms with E-state index < -0.39 is 0 Å². The van der Waals surface area contributed by atoms with Crippen molar-refractivity contribution in [3.63, 3.8) is 0 Å². The number of hydrogen-bond donors (Lipinski definition) is 0. The molecular formula is C18H17NO4. The number of carbonyl (C=O) groups is 2. The van der Waals surface area contributed by atoms with E-state index in [4.69, 9.17) is 9.47 Å². The van der Waals surface area contributed by atoms with Crippen molar-refractivity contribution in [3.05, 3.63) is 53.6 Å². The van der Waals surface area contributed by atoms with Gasteiger partial charge >= 0.3 is 0 Å². The third-order valence-corrected chi connectivity index (χ3v) is 3.86. The predicted octanol–water partition coefficient (Wildman–Crippen LogP) is 2.48. The number of ether oxygens (including phenoxy) is 2. The Morgan fingerprint density at radius 3 is 2.83 bits per heavy atom. The van der Waals surface area contributed by atoms with Gasteiger partial charge in [-0.2, -0.15) is 0 Å². The maximum Gasteiger partial charge on any atom is 0.264 e. The highest BCUT2D eigenvalue weighted by atomic mass is 16.5. The largest absolute Gasteiger partial charge is 0.493 e. The van der Waals surface area contributed by atoms with Gasteiger partial charge in [-0.1, -0.05) is 18.2 Å². The molecule has 0 fully saturated rings. The summed E-state index contributed by atoms with van der Waals surface area (Å²) >= 11 is 0. The molecule has 5 heteroatoms. The standard InChI is InChI=1S/C18H17NO4/c1-22-16-7-6-13(11-20)10-17(16)23-12-18(21)19-9-8-14-4-2-3-5-15(14)19/h2-7,10-11H,8-9,12H2,1H3. The fourth-order valence-corrected chi connectivity index (χ4v) is 2.69. The molecule has 0 unspecified atom stereocenters. The van der Waals surface area contributed by atoms with Gasteiger partial charge in [0.05, 0.1) is 7.11 Å². The van der Waals surface area contributed by atoms with Crippen LogP contribution in [-0.4, -0.2) is 32.5 Å². The topological polar surface area (TPSA) is 55.8 Å². The average Bonchev–Trinajstić information content (AvgIpc) is 3.03. The highest BCUT2D eigenvalue weighted by Crippen LogP contribution is 2.29. The molecule has 0 saturated heterocycles. The van der Waals surface area contributed by atoms with Crippen molar-refractivity contribution in [3.8, 4) is 11.5 Å². The smallest absolute Gasteiger partial charge is 0.264 e. The van der Waals surface area contributed by atoms with Crippen LogP contribution in [0.3, 0.4) is 0 Å². The molecule has 0 aromatic heterocycles. The summed E-state index contributed by atoms with van der Waals surface area (Å²) in [5.74, 6) is 0.761. The Balaban J connectivity index is 1.72. The van der Waals surface area contributed by atoms with Gasteiger partial charge in [-0.3, -0.25) is 9.59 Å². The molecule has 1 aliphatic heterocycles. The third kappa shape index (κ3) is 3.04. The Morgan fingerprint density at radius 2 is 2.04 bits per heavy atom. The molecule has 2 aromatic carbocycles. The molecule has 23 heavy (non-hydrogen) atoms. The van der Waals surface area contributed by atoms with E-state index in [0.717, 1.165) is 18.4 Å². The number of amides is 1. The van der Waals surface area contributed by atoms with Crippen LogP contribution >= 0.6 is 0 Å². The zero-order chi connectivity index (χ0) is 16.2. The van der Waals surface area contributed by atoms with E-state index in [0.29, 0.717) is 23.6 Å². The minimum absolute atomic E-state index is 0.104. The van der Waals surface area contributed by atoms with Crippen LogP contribution in [0.4, 0.5) is 5.69 Å². The molecule has 0 atom stereocenters. The van der Waals surface area contributed by atoms with E-state index in [1.54, 1.807) is 23.1 Å². The van der Waals surface area contributed by atoms with Crippen molar-refractivity contribution >= 4 is 17.9 Å². The number of benzene rings is 2. The first-order valence-corrected chi connectivity index (χ1v) is 7.37. The minimum Gasteiger partial charge on any atom is -0.493 e. The lowest BCUT2D eigenvalue weighted by Crippen LogP contribution is -2.33. The van der Waals surface area contributed by atoms with Gasteiger partial charge in [0.2, 0.25) is 0 Å². The molecule has 0 saturated carbocycles. The van der Waals surface area contributed by atoms with Gasteiger partial charge in [-0.05, 0) is 36.2 Å². The zero-order valence-corrected chi connectivity index (χ0v) is 12.8. The van der Waals surface area contributed by atoms with Gasteiger partial charge in [-0.15, -0.1) is 0 Å². The fourth-order valence-electron chi connectivity index (χ4n) is 2.69. The number of carbonyl (C=O) groups excluding carboxylic acids is 2. The first-order valence-electron chi connectivity index (χ1n) is 7.37. The van der Waals surface area contributed by atoms with Gasteiger partial charge in [0.15, 0.2) is 18.1 Å². The van der Waals surface area contributed by atoms with Crippen LogP contribution in [0.1, 0.15) is 15.9 Å². The van der Waals surface area contributed by atoms with Gasteiger partial charge < -0.3 is 14.4 Å². The van der Waals surface area contributed by atoms with Gasteiger partial charge in [-0.25, -0.2) is 0 Å². The number of hydrogen-bond acceptors (Lipinski definition) is 4.